The smallest absolute Gasteiger partial charge is 0.331 e. The fourth-order valence-electron chi connectivity index (χ4n) is 1.10. The van der Waals surface area contributed by atoms with E-state index in [4.69, 9.17) is 8.85 Å². The summed E-state index contributed by atoms with van der Waals surface area (Å²) < 4.78 is 11.3. The van der Waals surface area contributed by atoms with Crippen LogP contribution >= 0.6 is 0 Å². The van der Waals surface area contributed by atoms with Gasteiger partial charge in [-0.05, 0) is 32.4 Å². The molecule has 0 saturated carbocycles. The molecule has 3 heteroatoms. The van der Waals surface area contributed by atoms with Gasteiger partial charge in [-0.25, -0.2) is 0 Å². The lowest BCUT2D eigenvalue weighted by atomic mass is 10.1. The number of rotatable bonds is 7. The predicted molar refractivity (Wildman–Crippen MR) is 59.1 cm³/mol. The minimum absolute atomic E-state index is 0.766. The van der Waals surface area contributed by atoms with Gasteiger partial charge in [0.25, 0.3) is 0 Å². The molecule has 0 radical (unpaired) electrons. The van der Waals surface area contributed by atoms with Crippen molar-refractivity contribution >= 4 is 8.56 Å². The van der Waals surface area contributed by atoms with Crippen molar-refractivity contribution in [2.45, 2.75) is 46.7 Å². The van der Waals surface area contributed by atoms with Crippen molar-refractivity contribution in [1.82, 2.24) is 0 Å². The molecule has 0 aromatic carbocycles. The maximum atomic E-state index is 5.76. The molecule has 1 unspecified atom stereocenters. The molecule has 0 aromatic heterocycles. The average molecular weight is 204 g/mol. The molecule has 1 atom stereocenters. The van der Waals surface area contributed by atoms with E-state index in [0.29, 0.717) is 0 Å². The molecular weight excluding hydrogens is 180 g/mol. The van der Waals surface area contributed by atoms with Crippen LogP contribution in [0.4, 0.5) is 0 Å². The average Bonchev–Trinajstić information content (AvgIpc) is 2.03. The monoisotopic (exact) mass is 204 g/mol. The maximum absolute atomic E-state index is 5.76. The molecule has 0 heterocycles. The van der Waals surface area contributed by atoms with Crippen molar-refractivity contribution < 1.29 is 8.85 Å². The Bertz CT molecular complexity index is 126. The lowest BCUT2D eigenvalue weighted by Crippen LogP contribution is -2.35. The standard InChI is InChI=1S/C10H24O2Si/c1-6-10(3)8-9-12-13(4,5)11-7-2/h10H,6-9H2,1-5H3. The van der Waals surface area contributed by atoms with E-state index in [0.717, 1.165) is 25.6 Å². The third kappa shape index (κ3) is 7.23. The predicted octanol–water partition coefficient (Wildman–Crippen LogP) is 3.18. The van der Waals surface area contributed by atoms with Gasteiger partial charge >= 0.3 is 8.56 Å². The summed E-state index contributed by atoms with van der Waals surface area (Å²) in [5, 5.41) is 0. The Morgan fingerprint density at radius 1 is 1.15 bits per heavy atom. The SMILES string of the molecule is CCO[Si](C)(C)OCCC(C)CC. The van der Waals surface area contributed by atoms with Crippen LogP contribution in [0.25, 0.3) is 0 Å². The minimum atomic E-state index is -1.78. The van der Waals surface area contributed by atoms with Gasteiger partial charge < -0.3 is 8.85 Å². The van der Waals surface area contributed by atoms with E-state index in [2.05, 4.69) is 26.9 Å². The highest BCUT2D eigenvalue weighted by atomic mass is 28.4. The lowest BCUT2D eigenvalue weighted by Gasteiger charge is -2.22. The van der Waals surface area contributed by atoms with Crippen molar-refractivity contribution in [3.05, 3.63) is 0 Å². The van der Waals surface area contributed by atoms with Crippen LogP contribution in [0.2, 0.25) is 13.1 Å². The second-order valence-corrected chi connectivity index (χ2v) is 7.36. The Morgan fingerprint density at radius 2 is 1.77 bits per heavy atom. The van der Waals surface area contributed by atoms with Crippen LogP contribution in [0.1, 0.15) is 33.6 Å². The molecule has 0 aromatic rings. The van der Waals surface area contributed by atoms with Crippen molar-refractivity contribution in [1.29, 1.82) is 0 Å². The van der Waals surface area contributed by atoms with E-state index in [1.165, 1.54) is 6.42 Å². The first-order chi connectivity index (χ1) is 6.02. The molecule has 0 rings (SSSR count). The molecule has 13 heavy (non-hydrogen) atoms. The first kappa shape index (κ1) is 13.1. The highest BCUT2D eigenvalue weighted by Crippen LogP contribution is 2.11. The molecule has 0 aliphatic carbocycles. The van der Waals surface area contributed by atoms with Crippen LogP contribution < -0.4 is 0 Å². The van der Waals surface area contributed by atoms with Gasteiger partial charge in [0.2, 0.25) is 0 Å². The zero-order chi connectivity index (χ0) is 10.3. The Labute approximate surface area is 83.9 Å². The van der Waals surface area contributed by atoms with Gasteiger partial charge in [0, 0.05) is 13.2 Å². The molecule has 80 valence electrons. The van der Waals surface area contributed by atoms with E-state index >= 15 is 0 Å². The van der Waals surface area contributed by atoms with E-state index < -0.39 is 8.56 Å². The van der Waals surface area contributed by atoms with E-state index in [1.807, 2.05) is 6.92 Å². The quantitative estimate of drug-likeness (QED) is 0.593. The lowest BCUT2D eigenvalue weighted by molar-refractivity contribution is 0.176. The van der Waals surface area contributed by atoms with Gasteiger partial charge in [-0.3, -0.25) is 0 Å². The van der Waals surface area contributed by atoms with Crippen molar-refractivity contribution in [3.8, 4) is 0 Å². The third-order valence-electron chi connectivity index (χ3n) is 2.25. The summed E-state index contributed by atoms with van der Waals surface area (Å²) in [6.45, 7) is 12.3. The molecule has 0 amide bonds. The van der Waals surface area contributed by atoms with Crippen molar-refractivity contribution in [2.24, 2.45) is 5.92 Å². The van der Waals surface area contributed by atoms with E-state index in [9.17, 15) is 0 Å². The van der Waals surface area contributed by atoms with Gasteiger partial charge in [0.1, 0.15) is 0 Å². The van der Waals surface area contributed by atoms with Gasteiger partial charge in [-0.15, -0.1) is 0 Å². The molecule has 0 fully saturated rings. The number of hydrogen-bond acceptors (Lipinski definition) is 2. The second-order valence-electron chi connectivity index (χ2n) is 3.98. The molecule has 0 spiro atoms. The van der Waals surface area contributed by atoms with Gasteiger partial charge in [-0.2, -0.15) is 0 Å². The molecular formula is C10H24O2Si. The summed E-state index contributed by atoms with van der Waals surface area (Å²) in [7, 11) is -1.78. The summed E-state index contributed by atoms with van der Waals surface area (Å²) in [5.74, 6) is 0.770. The minimum Gasteiger partial charge on any atom is -0.395 e. The van der Waals surface area contributed by atoms with Crippen LogP contribution in [0.3, 0.4) is 0 Å². The fourth-order valence-corrected chi connectivity index (χ4v) is 2.49. The van der Waals surface area contributed by atoms with Crippen LogP contribution in [-0.2, 0) is 8.85 Å². The number of hydrogen-bond donors (Lipinski definition) is 0. The Morgan fingerprint density at radius 3 is 2.23 bits per heavy atom. The summed E-state index contributed by atoms with van der Waals surface area (Å²) >= 11 is 0. The summed E-state index contributed by atoms with van der Waals surface area (Å²) in [4.78, 5) is 0. The molecule has 0 bridgehead atoms. The highest BCUT2D eigenvalue weighted by molar-refractivity contribution is 6.64. The van der Waals surface area contributed by atoms with Gasteiger partial charge in [-0.1, -0.05) is 20.3 Å². The Hall–Kier alpha value is 0.137. The molecule has 0 aliphatic heterocycles. The maximum Gasteiger partial charge on any atom is 0.331 e. The zero-order valence-electron chi connectivity index (χ0n) is 9.72. The Balaban J connectivity index is 3.50. The normalized spacial score (nSPS) is 14.5. The van der Waals surface area contributed by atoms with Crippen molar-refractivity contribution in [2.75, 3.05) is 13.2 Å². The second kappa shape index (κ2) is 6.57. The summed E-state index contributed by atoms with van der Waals surface area (Å²) in [6.07, 6.45) is 2.39. The van der Waals surface area contributed by atoms with E-state index in [1.54, 1.807) is 0 Å². The Kier molecular flexibility index (Phi) is 6.64. The third-order valence-corrected chi connectivity index (χ3v) is 4.13. The van der Waals surface area contributed by atoms with Crippen LogP contribution in [0.15, 0.2) is 0 Å². The topological polar surface area (TPSA) is 18.5 Å². The molecule has 2 nitrogen and oxygen atoms in total. The summed E-state index contributed by atoms with van der Waals surface area (Å²) in [5.41, 5.74) is 0. The summed E-state index contributed by atoms with van der Waals surface area (Å²) in [6, 6.07) is 0. The fraction of sp³-hybridized carbons (Fsp3) is 1.00. The molecule has 0 N–H and O–H groups in total. The van der Waals surface area contributed by atoms with Crippen LogP contribution in [-0.4, -0.2) is 21.8 Å². The highest BCUT2D eigenvalue weighted by Gasteiger charge is 2.23. The van der Waals surface area contributed by atoms with Gasteiger partial charge in [0.05, 0.1) is 0 Å². The van der Waals surface area contributed by atoms with Crippen LogP contribution in [0.5, 0.6) is 0 Å². The first-order valence-corrected chi connectivity index (χ1v) is 8.11. The van der Waals surface area contributed by atoms with Crippen LogP contribution in [0, 0.1) is 5.92 Å². The molecule has 0 aliphatic rings. The zero-order valence-corrected chi connectivity index (χ0v) is 10.7. The van der Waals surface area contributed by atoms with E-state index in [-0.39, 0.29) is 0 Å². The van der Waals surface area contributed by atoms with Crippen molar-refractivity contribution in [3.63, 3.8) is 0 Å². The first-order valence-electron chi connectivity index (χ1n) is 5.29. The molecule has 0 saturated heterocycles. The van der Waals surface area contributed by atoms with Gasteiger partial charge in [0.15, 0.2) is 0 Å². The largest absolute Gasteiger partial charge is 0.395 e.